The third kappa shape index (κ3) is 2.81. The van der Waals surface area contributed by atoms with Crippen LogP contribution in [-0.4, -0.2) is 24.3 Å². The van der Waals surface area contributed by atoms with Gasteiger partial charge in [0, 0.05) is 32.7 Å². The maximum Gasteiger partial charge on any atom is 0.127 e. The van der Waals surface area contributed by atoms with Gasteiger partial charge in [0.2, 0.25) is 0 Å². The van der Waals surface area contributed by atoms with E-state index in [1.165, 1.54) is 11.1 Å². The van der Waals surface area contributed by atoms with E-state index in [2.05, 4.69) is 63.8 Å². The van der Waals surface area contributed by atoms with Crippen LogP contribution in [0.4, 0.5) is 0 Å². The minimum Gasteiger partial charge on any atom is -0.349 e. The minimum atomic E-state index is 0. The number of hydrogen-bond acceptors (Lipinski definition) is 3. The van der Waals surface area contributed by atoms with Gasteiger partial charge in [-0.25, -0.2) is 0 Å². The molecule has 0 atom stereocenters. The number of nitrogens with zero attached hydrogens (tertiary/aromatic N) is 5. The van der Waals surface area contributed by atoms with Crippen molar-refractivity contribution >= 4 is 11.0 Å². The van der Waals surface area contributed by atoms with Gasteiger partial charge >= 0.3 is 0 Å². The van der Waals surface area contributed by atoms with Crippen molar-refractivity contribution in [3.05, 3.63) is 59.7 Å². The number of fused-ring (bicyclic) bond motifs is 1. The molecule has 2 aromatic heterocycles. The molecule has 5 nitrogen and oxygen atoms in total. The number of aromatic nitrogens is 5. The van der Waals surface area contributed by atoms with Crippen LogP contribution in [0.5, 0.6) is 0 Å². The molecule has 0 aliphatic carbocycles. The summed E-state index contributed by atoms with van der Waals surface area (Å²) in [5.74, 6) is 1.76. The van der Waals surface area contributed by atoms with Crippen molar-refractivity contribution in [1.82, 2.24) is 24.3 Å². The second-order valence-corrected chi connectivity index (χ2v) is 6.07. The molecule has 0 bridgehead atoms. The average Bonchev–Trinajstić information content (AvgIpc) is 3.13. The second kappa shape index (κ2) is 6.54. The summed E-state index contributed by atoms with van der Waals surface area (Å²) in [5.41, 5.74) is 6.32. The Morgan fingerprint density at radius 2 is 1.80 bits per heavy atom. The number of rotatable bonds is 2. The zero-order valence-electron chi connectivity index (χ0n) is 14.5. The summed E-state index contributed by atoms with van der Waals surface area (Å²) in [4.78, 5) is 9.01. The second-order valence-electron chi connectivity index (χ2n) is 6.07. The van der Waals surface area contributed by atoms with Crippen LogP contribution in [-0.2, 0) is 27.2 Å². The minimum absolute atomic E-state index is 0. The Kier molecular flexibility index (Phi) is 4.58. The van der Waals surface area contributed by atoms with E-state index in [0.29, 0.717) is 0 Å². The van der Waals surface area contributed by atoms with Gasteiger partial charge in [0.15, 0.2) is 0 Å². The predicted molar refractivity (Wildman–Crippen MR) is 94.1 cm³/mol. The van der Waals surface area contributed by atoms with E-state index < -0.39 is 0 Å². The average molecular weight is 509 g/mol. The molecule has 25 heavy (non-hydrogen) atoms. The van der Waals surface area contributed by atoms with Crippen LogP contribution in [0, 0.1) is 26.8 Å². The normalized spacial score (nSPS) is 10.9. The number of para-hydroxylation sites is 1. The SMILES string of the molecule is Cc1cccc(C)c1-n1ncnc1-c1[c-]cc2nc(C)n(C)c2c1.[Ir]. The van der Waals surface area contributed by atoms with E-state index in [0.717, 1.165) is 33.9 Å². The first kappa shape index (κ1) is 17.5. The molecule has 2 aromatic carbocycles. The molecular weight excluding hydrogens is 490 g/mol. The summed E-state index contributed by atoms with van der Waals surface area (Å²) < 4.78 is 3.97. The number of hydrogen-bond donors (Lipinski definition) is 0. The molecule has 2 heterocycles. The largest absolute Gasteiger partial charge is 0.349 e. The first-order chi connectivity index (χ1) is 11.6. The van der Waals surface area contributed by atoms with Gasteiger partial charge in [0.05, 0.1) is 17.3 Å². The van der Waals surface area contributed by atoms with Crippen LogP contribution in [0.3, 0.4) is 0 Å². The Balaban J connectivity index is 0.00000182. The van der Waals surface area contributed by atoms with Gasteiger partial charge < -0.3 is 4.57 Å². The molecule has 0 saturated heterocycles. The third-order valence-corrected chi connectivity index (χ3v) is 4.48. The molecule has 0 unspecified atom stereocenters. The van der Waals surface area contributed by atoms with E-state index in [4.69, 9.17) is 0 Å². The molecule has 6 heteroatoms. The van der Waals surface area contributed by atoms with Crippen molar-refractivity contribution in [2.45, 2.75) is 20.8 Å². The molecule has 0 fully saturated rings. The molecule has 0 spiro atoms. The molecule has 129 valence electrons. The third-order valence-electron chi connectivity index (χ3n) is 4.48. The smallest absolute Gasteiger partial charge is 0.127 e. The Morgan fingerprint density at radius 1 is 1.08 bits per heavy atom. The molecule has 0 saturated carbocycles. The number of benzene rings is 2. The summed E-state index contributed by atoms with van der Waals surface area (Å²) in [6, 6.07) is 13.5. The van der Waals surface area contributed by atoms with Crippen molar-refractivity contribution in [3.63, 3.8) is 0 Å². The van der Waals surface area contributed by atoms with Crippen LogP contribution < -0.4 is 0 Å². The molecule has 0 aliphatic rings. The Bertz CT molecular complexity index is 1040. The standard InChI is InChI=1S/C19H18N5.Ir/c1-12-6-5-7-13(2)18(12)24-19(20-11-21-24)15-8-9-16-17(10-15)23(4)14(3)22-16;/h5-7,9-11H,1-4H3;/q-1;. The van der Waals surface area contributed by atoms with Gasteiger partial charge in [-0.05, 0) is 37.4 Å². The van der Waals surface area contributed by atoms with Gasteiger partial charge in [-0.1, -0.05) is 18.2 Å². The van der Waals surface area contributed by atoms with Crippen molar-refractivity contribution < 1.29 is 20.1 Å². The number of aryl methyl sites for hydroxylation is 4. The maximum absolute atomic E-state index is 4.53. The van der Waals surface area contributed by atoms with Crippen LogP contribution in [0.2, 0.25) is 0 Å². The molecular formula is C19H18IrN5-. The fourth-order valence-electron chi connectivity index (χ4n) is 3.11. The van der Waals surface area contributed by atoms with Crippen LogP contribution in [0.1, 0.15) is 17.0 Å². The van der Waals surface area contributed by atoms with Crippen molar-refractivity contribution in [2.24, 2.45) is 7.05 Å². The fourth-order valence-corrected chi connectivity index (χ4v) is 3.11. The van der Waals surface area contributed by atoms with Crippen LogP contribution >= 0.6 is 0 Å². The van der Waals surface area contributed by atoms with Gasteiger partial charge in [-0.3, -0.25) is 14.6 Å². The summed E-state index contributed by atoms with van der Waals surface area (Å²) in [6.07, 6.45) is 1.59. The van der Waals surface area contributed by atoms with E-state index in [1.54, 1.807) is 6.33 Å². The Morgan fingerprint density at radius 3 is 2.52 bits per heavy atom. The summed E-state index contributed by atoms with van der Waals surface area (Å²) >= 11 is 0. The first-order valence-corrected chi connectivity index (χ1v) is 7.88. The van der Waals surface area contributed by atoms with Crippen LogP contribution in [0.15, 0.2) is 36.7 Å². The summed E-state index contributed by atoms with van der Waals surface area (Å²) in [6.45, 7) is 6.18. The van der Waals surface area contributed by atoms with Gasteiger partial charge in [0.25, 0.3) is 0 Å². The van der Waals surface area contributed by atoms with E-state index in [1.807, 2.05) is 24.7 Å². The van der Waals surface area contributed by atoms with Crippen molar-refractivity contribution in [3.8, 4) is 17.1 Å². The van der Waals surface area contributed by atoms with Crippen molar-refractivity contribution in [2.75, 3.05) is 0 Å². The zero-order valence-corrected chi connectivity index (χ0v) is 16.9. The monoisotopic (exact) mass is 509 g/mol. The quantitative estimate of drug-likeness (QED) is 0.389. The maximum atomic E-state index is 4.53. The zero-order chi connectivity index (χ0) is 16.8. The molecule has 0 amide bonds. The fraction of sp³-hybridized carbons (Fsp3) is 0.211. The number of imidazole rings is 1. The van der Waals surface area contributed by atoms with Gasteiger partial charge in [0.1, 0.15) is 6.33 Å². The summed E-state index contributed by atoms with van der Waals surface area (Å²) in [5, 5.41) is 4.46. The molecule has 0 N–H and O–H groups in total. The molecule has 4 aromatic rings. The molecule has 0 aliphatic heterocycles. The molecule has 4 rings (SSSR count). The van der Waals surface area contributed by atoms with E-state index in [-0.39, 0.29) is 20.1 Å². The topological polar surface area (TPSA) is 48.5 Å². The van der Waals surface area contributed by atoms with E-state index in [9.17, 15) is 0 Å². The predicted octanol–water partition coefficient (Wildman–Crippen LogP) is 3.54. The van der Waals surface area contributed by atoms with E-state index >= 15 is 0 Å². The summed E-state index contributed by atoms with van der Waals surface area (Å²) in [7, 11) is 2.02. The Hall–Kier alpha value is -2.30. The van der Waals surface area contributed by atoms with Gasteiger partial charge in [-0.2, -0.15) is 5.10 Å². The van der Waals surface area contributed by atoms with Crippen molar-refractivity contribution in [1.29, 1.82) is 0 Å². The molecule has 1 radical (unpaired) electrons. The Labute approximate surface area is 160 Å². The van der Waals surface area contributed by atoms with Crippen LogP contribution in [0.25, 0.3) is 28.1 Å². The first-order valence-electron chi connectivity index (χ1n) is 7.88. The van der Waals surface area contributed by atoms with Gasteiger partial charge in [-0.15, -0.1) is 23.8 Å².